The molecular weight excluding hydrogens is 334 g/mol. The van der Waals surface area contributed by atoms with E-state index < -0.39 is 26.7 Å². The van der Waals surface area contributed by atoms with Crippen LogP contribution in [0.25, 0.3) is 0 Å². The number of hydrogen-bond donors (Lipinski definition) is 0. The second-order valence-electron chi connectivity index (χ2n) is 4.90. The maximum absolute atomic E-state index is 14.1. The standard InChI is InChI=1S/C15H11ClF2O3S/c16-9-1-3-10(4-2-9)22(19,20)13-7-8-21-15-12(18)6-5-11(17)14(13)15/h1-6,13H,7-8H2/t13-/m1/s1. The molecule has 0 radical (unpaired) electrons. The summed E-state index contributed by atoms with van der Waals surface area (Å²) in [6.07, 6.45) is 0.0539. The molecule has 0 fully saturated rings. The number of fused-ring (bicyclic) bond motifs is 1. The highest BCUT2D eigenvalue weighted by atomic mass is 35.5. The molecule has 22 heavy (non-hydrogen) atoms. The molecule has 0 N–H and O–H groups in total. The van der Waals surface area contributed by atoms with Crippen LogP contribution in [0, 0.1) is 11.6 Å². The van der Waals surface area contributed by atoms with Crippen molar-refractivity contribution in [3.63, 3.8) is 0 Å². The number of ether oxygens (including phenoxy) is 1. The lowest BCUT2D eigenvalue weighted by Crippen LogP contribution is -2.23. The largest absolute Gasteiger partial charge is 0.490 e. The van der Waals surface area contributed by atoms with Crippen LogP contribution in [0.3, 0.4) is 0 Å². The van der Waals surface area contributed by atoms with E-state index in [4.69, 9.17) is 16.3 Å². The number of rotatable bonds is 2. The molecule has 0 saturated carbocycles. The first kappa shape index (κ1) is 15.2. The van der Waals surface area contributed by atoms with E-state index in [0.29, 0.717) is 5.02 Å². The molecule has 7 heteroatoms. The van der Waals surface area contributed by atoms with Crippen molar-refractivity contribution in [1.29, 1.82) is 0 Å². The van der Waals surface area contributed by atoms with Crippen molar-refractivity contribution < 1.29 is 21.9 Å². The van der Waals surface area contributed by atoms with Crippen LogP contribution in [0.15, 0.2) is 41.3 Å². The highest BCUT2D eigenvalue weighted by Gasteiger charge is 2.37. The van der Waals surface area contributed by atoms with Gasteiger partial charge in [0.25, 0.3) is 0 Å². The van der Waals surface area contributed by atoms with E-state index >= 15 is 0 Å². The lowest BCUT2D eigenvalue weighted by molar-refractivity contribution is 0.264. The van der Waals surface area contributed by atoms with Gasteiger partial charge in [0.1, 0.15) is 11.1 Å². The Morgan fingerprint density at radius 1 is 1.05 bits per heavy atom. The smallest absolute Gasteiger partial charge is 0.185 e. The molecule has 0 aromatic heterocycles. The molecule has 3 nitrogen and oxygen atoms in total. The Kier molecular flexibility index (Phi) is 3.82. The van der Waals surface area contributed by atoms with Crippen molar-refractivity contribution in [3.05, 3.63) is 58.6 Å². The van der Waals surface area contributed by atoms with Crippen LogP contribution in [0.1, 0.15) is 17.2 Å². The molecular formula is C15H11ClF2O3S. The zero-order valence-electron chi connectivity index (χ0n) is 11.2. The van der Waals surface area contributed by atoms with Crippen molar-refractivity contribution in [2.24, 2.45) is 0 Å². The zero-order chi connectivity index (χ0) is 15.9. The van der Waals surface area contributed by atoms with Crippen LogP contribution in [0.4, 0.5) is 8.78 Å². The third-order valence-corrected chi connectivity index (χ3v) is 5.96. The lowest BCUT2D eigenvalue weighted by atomic mass is 10.0. The van der Waals surface area contributed by atoms with E-state index in [1.807, 2.05) is 0 Å². The Hall–Kier alpha value is -1.66. The van der Waals surface area contributed by atoms with Crippen LogP contribution in [0.5, 0.6) is 5.75 Å². The van der Waals surface area contributed by atoms with Crippen LogP contribution in [-0.2, 0) is 9.84 Å². The Labute approximate surface area is 131 Å². The van der Waals surface area contributed by atoms with Gasteiger partial charge in [0.05, 0.1) is 17.1 Å². The quantitative estimate of drug-likeness (QED) is 0.829. The molecule has 1 aliphatic rings. The molecule has 1 atom stereocenters. The first-order valence-corrected chi connectivity index (χ1v) is 8.44. The van der Waals surface area contributed by atoms with Gasteiger partial charge in [0.2, 0.25) is 0 Å². The van der Waals surface area contributed by atoms with Gasteiger partial charge >= 0.3 is 0 Å². The topological polar surface area (TPSA) is 43.4 Å². The minimum Gasteiger partial charge on any atom is -0.490 e. The normalized spacial score (nSPS) is 17.7. The van der Waals surface area contributed by atoms with Crippen molar-refractivity contribution in [3.8, 4) is 5.75 Å². The lowest BCUT2D eigenvalue weighted by Gasteiger charge is -2.26. The van der Waals surface area contributed by atoms with Gasteiger partial charge in [-0.1, -0.05) is 11.6 Å². The fourth-order valence-corrected chi connectivity index (χ4v) is 4.41. The van der Waals surface area contributed by atoms with Gasteiger partial charge in [-0.25, -0.2) is 17.2 Å². The van der Waals surface area contributed by atoms with Gasteiger partial charge in [-0.05, 0) is 36.4 Å². The Bertz CT molecular complexity index is 819. The first-order chi connectivity index (χ1) is 10.4. The van der Waals surface area contributed by atoms with E-state index in [0.717, 1.165) is 12.1 Å². The van der Waals surface area contributed by atoms with Crippen molar-refractivity contribution in [1.82, 2.24) is 0 Å². The summed E-state index contributed by atoms with van der Waals surface area (Å²) in [5.74, 6) is -1.89. The minimum absolute atomic E-state index is 0.00482. The molecule has 0 bridgehead atoms. The molecule has 0 spiro atoms. The van der Waals surface area contributed by atoms with Crippen molar-refractivity contribution in [2.75, 3.05) is 6.61 Å². The maximum Gasteiger partial charge on any atom is 0.185 e. The maximum atomic E-state index is 14.1. The zero-order valence-corrected chi connectivity index (χ0v) is 12.8. The fraction of sp³-hybridized carbons (Fsp3) is 0.200. The van der Waals surface area contributed by atoms with Gasteiger partial charge in [0, 0.05) is 11.4 Å². The van der Waals surface area contributed by atoms with E-state index in [9.17, 15) is 17.2 Å². The summed E-state index contributed by atoms with van der Waals surface area (Å²) in [6, 6.07) is 7.42. The molecule has 0 unspecified atom stereocenters. The average Bonchev–Trinajstić information content (AvgIpc) is 2.51. The molecule has 116 valence electrons. The van der Waals surface area contributed by atoms with Crippen LogP contribution in [-0.4, -0.2) is 15.0 Å². The van der Waals surface area contributed by atoms with Gasteiger partial charge < -0.3 is 4.74 Å². The summed E-state index contributed by atoms with van der Waals surface area (Å²) < 4.78 is 58.4. The number of hydrogen-bond acceptors (Lipinski definition) is 3. The summed E-state index contributed by atoms with van der Waals surface area (Å²) in [5, 5.41) is -0.795. The highest BCUT2D eigenvalue weighted by molar-refractivity contribution is 7.91. The molecule has 2 aromatic carbocycles. The van der Waals surface area contributed by atoms with Crippen LogP contribution in [0.2, 0.25) is 5.02 Å². The summed E-state index contributed by atoms with van der Waals surface area (Å²) in [7, 11) is -3.88. The third-order valence-electron chi connectivity index (χ3n) is 3.56. The second kappa shape index (κ2) is 5.52. The summed E-state index contributed by atoms with van der Waals surface area (Å²) in [6.45, 7) is 0.00482. The number of benzene rings is 2. The molecule has 0 amide bonds. The van der Waals surface area contributed by atoms with Crippen molar-refractivity contribution in [2.45, 2.75) is 16.6 Å². The molecule has 2 aromatic rings. The van der Waals surface area contributed by atoms with Gasteiger partial charge in [-0.15, -0.1) is 0 Å². The van der Waals surface area contributed by atoms with E-state index in [1.54, 1.807) is 0 Å². The van der Waals surface area contributed by atoms with E-state index in [1.165, 1.54) is 24.3 Å². The predicted octanol–water partition coefficient (Wildman–Crippen LogP) is 3.92. The number of sulfone groups is 1. The molecule has 3 rings (SSSR count). The molecule has 0 aliphatic carbocycles. The molecule has 1 heterocycles. The first-order valence-electron chi connectivity index (χ1n) is 6.51. The Morgan fingerprint density at radius 3 is 2.36 bits per heavy atom. The Balaban J connectivity index is 2.15. The summed E-state index contributed by atoms with van der Waals surface area (Å²) >= 11 is 5.75. The predicted molar refractivity (Wildman–Crippen MR) is 77.8 cm³/mol. The van der Waals surface area contributed by atoms with E-state index in [-0.39, 0.29) is 29.2 Å². The molecule has 0 saturated heterocycles. The summed E-state index contributed by atoms with van der Waals surface area (Å²) in [4.78, 5) is 0.0124. The van der Waals surface area contributed by atoms with Crippen LogP contribution >= 0.6 is 11.6 Å². The number of halogens is 3. The molecule has 1 aliphatic heterocycles. The monoisotopic (exact) mass is 344 g/mol. The van der Waals surface area contributed by atoms with Gasteiger partial charge in [0.15, 0.2) is 21.4 Å². The summed E-state index contributed by atoms with van der Waals surface area (Å²) in [5.41, 5.74) is -0.249. The minimum atomic E-state index is -3.88. The van der Waals surface area contributed by atoms with Gasteiger partial charge in [-0.2, -0.15) is 0 Å². The van der Waals surface area contributed by atoms with Gasteiger partial charge in [-0.3, -0.25) is 0 Å². The highest BCUT2D eigenvalue weighted by Crippen LogP contribution is 2.42. The second-order valence-corrected chi connectivity index (χ2v) is 7.46. The fourth-order valence-electron chi connectivity index (χ4n) is 2.51. The van der Waals surface area contributed by atoms with Crippen molar-refractivity contribution >= 4 is 21.4 Å². The van der Waals surface area contributed by atoms with E-state index in [2.05, 4.69) is 0 Å². The third kappa shape index (κ3) is 2.46. The average molecular weight is 345 g/mol. The van der Waals surface area contributed by atoms with Crippen LogP contribution < -0.4 is 4.74 Å². The SMILES string of the molecule is O=S(=O)(c1ccc(Cl)cc1)[C@@H]1CCOc2c(F)ccc(F)c21. The Morgan fingerprint density at radius 2 is 1.68 bits per heavy atom.